The zero-order valence-electron chi connectivity index (χ0n) is 15.4. The molecule has 1 saturated heterocycles. The fourth-order valence-electron chi connectivity index (χ4n) is 3.86. The summed E-state index contributed by atoms with van der Waals surface area (Å²) in [4.78, 5) is 4.67. The van der Waals surface area contributed by atoms with Gasteiger partial charge in [-0.25, -0.2) is 0 Å². The van der Waals surface area contributed by atoms with Gasteiger partial charge in [0.15, 0.2) is 0 Å². The predicted molar refractivity (Wildman–Crippen MR) is 98.9 cm³/mol. The smallest absolute Gasteiger partial charge is 0.119 e. The molecule has 1 N–H and O–H groups in total. The van der Waals surface area contributed by atoms with Gasteiger partial charge in [-0.05, 0) is 37.6 Å². The molecule has 1 saturated carbocycles. The van der Waals surface area contributed by atoms with E-state index in [1.807, 2.05) is 6.07 Å². The van der Waals surface area contributed by atoms with Crippen LogP contribution in [0.5, 0.6) is 5.75 Å². The van der Waals surface area contributed by atoms with Crippen molar-refractivity contribution in [2.45, 2.75) is 44.4 Å². The predicted octanol–water partition coefficient (Wildman–Crippen LogP) is 2.13. The van der Waals surface area contributed by atoms with Gasteiger partial charge in [0, 0.05) is 32.2 Å². The van der Waals surface area contributed by atoms with Gasteiger partial charge in [-0.1, -0.05) is 25.0 Å². The van der Waals surface area contributed by atoms with Crippen LogP contribution in [0.4, 0.5) is 0 Å². The van der Waals surface area contributed by atoms with Gasteiger partial charge in [0.25, 0.3) is 0 Å². The van der Waals surface area contributed by atoms with Crippen LogP contribution in [0.25, 0.3) is 0 Å². The molecule has 0 amide bonds. The summed E-state index contributed by atoms with van der Waals surface area (Å²) in [6.07, 6.45) is 4.20. The Hall–Kier alpha value is -1.14. The molecule has 2 fully saturated rings. The first kappa shape index (κ1) is 18.6. The molecule has 0 unspecified atom stereocenters. The first-order valence-electron chi connectivity index (χ1n) is 9.62. The molecule has 1 aliphatic carbocycles. The number of nitrogens with zero attached hydrogens (tertiary/aromatic N) is 2. The van der Waals surface area contributed by atoms with Crippen LogP contribution >= 0.6 is 0 Å². The van der Waals surface area contributed by atoms with Gasteiger partial charge < -0.3 is 14.6 Å². The largest absolute Gasteiger partial charge is 0.492 e. The van der Waals surface area contributed by atoms with Gasteiger partial charge in [0.1, 0.15) is 12.4 Å². The van der Waals surface area contributed by atoms with Gasteiger partial charge >= 0.3 is 0 Å². The highest BCUT2D eigenvalue weighted by molar-refractivity contribution is 5.28. The number of aliphatic hydroxyl groups excluding tert-OH is 1. The van der Waals surface area contributed by atoms with Gasteiger partial charge in [0.05, 0.1) is 19.3 Å². The van der Waals surface area contributed by atoms with E-state index in [9.17, 15) is 5.11 Å². The number of hydrogen-bond acceptors (Lipinski definition) is 5. The van der Waals surface area contributed by atoms with Crippen molar-refractivity contribution in [1.29, 1.82) is 0 Å². The molecule has 0 radical (unpaired) electrons. The second kappa shape index (κ2) is 9.53. The minimum atomic E-state index is -0.188. The number of rotatable bonds is 7. The third-order valence-electron chi connectivity index (χ3n) is 5.37. The quantitative estimate of drug-likeness (QED) is 0.818. The number of likely N-dealkylation sites (N-methyl/N-ethyl adjacent to an activating group) is 1. The SMILES string of the molecule is CN(Cc1cccc(OCCN2CCOCC2)c1)[C@@H]1CCCC[C@@H]1O. The molecule has 0 aromatic heterocycles. The Labute approximate surface area is 151 Å². The van der Waals surface area contributed by atoms with E-state index >= 15 is 0 Å². The standard InChI is InChI=1S/C20H32N2O3/c1-21(19-7-2-3-8-20(19)23)16-17-5-4-6-18(15-17)25-14-11-22-9-12-24-13-10-22/h4-6,15,19-20,23H,2-3,7-14,16H2,1H3/t19-,20+/m1/s1. The Morgan fingerprint density at radius 1 is 1.24 bits per heavy atom. The van der Waals surface area contributed by atoms with Gasteiger partial charge in [0.2, 0.25) is 0 Å². The molecule has 0 bridgehead atoms. The zero-order chi connectivity index (χ0) is 17.5. The highest BCUT2D eigenvalue weighted by Gasteiger charge is 2.26. The molecule has 1 aromatic carbocycles. The van der Waals surface area contributed by atoms with Gasteiger partial charge in [-0.2, -0.15) is 0 Å². The highest BCUT2D eigenvalue weighted by atomic mass is 16.5. The summed E-state index contributed by atoms with van der Waals surface area (Å²) in [5.41, 5.74) is 1.24. The Morgan fingerprint density at radius 2 is 2.04 bits per heavy atom. The van der Waals surface area contributed by atoms with Crippen LogP contribution in [-0.4, -0.2) is 73.6 Å². The van der Waals surface area contributed by atoms with E-state index in [1.54, 1.807) is 0 Å². The summed E-state index contributed by atoms with van der Waals surface area (Å²) in [6, 6.07) is 8.63. The van der Waals surface area contributed by atoms with E-state index in [-0.39, 0.29) is 12.1 Å². The molecule has 2 atom stereocenters. The maximum Gasteiger partial charge on any atom is 0.119 e. The Bertz CT molecular complexity index is 519. The van der Waals surface area contributed by atoms with Crippen LogP contribution < -0.4 is 4.74 Å². The van der Waals surface area contributed by atoms with Crippen molar-refractivity contribution in [1.82, 2.24) is 9.80 Å². The van der Waals surface area contributed by atoms with E-state index in [0.717, 1.165) is 64.4 Å². The molecule has 2 aliphatic rings. The molecule has 140 valence electrons. The normalized spacial score (nSPS) is 25.2. The average molecular weight is 348 g/mol. The first-order chi connectivity index (χ1) is 12.2. The van der Waals surface area contributed by atoms with Gasteiger partial charge in [-0.3, -0.25) is 9.80 Å². The van der Waals surface area contributed by atoms with E-state index in [4.69, 9.17) is 9.47 Å². The van der Waals surface area contributed by atoms with E-state index < -0.39 is 0 Å². The molecule has 25 heavy (non-hydrogen) atoms. The minimum absolute atomic E-state index is 0.188. The summed E-state index contributed by atoms with van der Waals surface area (Å²) < 4.78 is 11.3. The van der Waals surface area contributed by atoms with Gasteiger partial charge in [-0.15, -0.1) is 0 Å². The third-order valence-corrected chi connectivity index (χ3v) is 5.37. The molecule has 1 heterocycles. The van der Waals surface area contributed by atoms with Crippen LogP contribution in [0.1, 0.15) is 31.2 Å². The lowest BCUT2D eigenvalue weighted by Crippen LogP contribution is -2.42. The highest BCUT2D eigenvalue weighted by Crippen LogP contribution is 2.24. The Morgan fingerprint density at radius 3 is 2.84 bits per heavy atom. The van der Waals surface area contributed by atoms with Crippen molar-refractivity contribution in [3.05, 3.63) is 29.8 Å². The monoisotopic (exact) mass is 348 g/mol. The fraction of sp³-hybridized carbons (Fsp3) is 0.700. The van der Waals surface area contributed by atoms with E-state index in [0.29, 0.717) is 6.61 Å². The number of aliphatic hydroxyl groups is 1. The van der Waals surface area contributed by atoms with Crippen LogP contribution in [0, 0.1) is 0 Å². The van der Waals surface area contributed by atoms with Crippen molar-refractivity contribution in [3.8, 4) is 5.75 Å². The molecule has 1 aliphatic heterocycles. The molecule has 3 rings (SSSR count). The second-order valence-electron chi connectivity index (χ2n) is 7.28. The van der Waals surface area contributed by atoms with Crippen molar-refractivity contribution < 1.29 is 14.6 Å². The van der Waals surface area contributed by atoms with Crippen LogP contribution in [0.3, 0.4) is 0 Å². The van der Waals surface area contributed by atoms with Crippen molar-refractivity contribution in [2.75, 3.05) is 46.5 Å². The van der Waals surface area contributed by atoms with Crippen molar-refractivity contribution in [2.24, 2.45) is 0 Å². The average Bonchev–Trinajstić information content (AvgIpc) is 2.63. The third kappa shape index (κ3) is 5.68. The second-order valence-corrected chi connectivity index (χ2v) is 7.28. The lowest BCUT2D eigenvalue weighted by atomic mass is 9.91. The molecule has 5 heteroatoms. The molecule has 0 spiro atoms. The van der Waals surface area contributed by atoms with Crippen LogP contribution in [-0.2, 0) is 11.3 Å². The number of hydrogen-bond donors (Lipinski definition) is 1. The molecular weight excluding hydrogens is 316 g/mol. The minimum Gasteiger partial charge on any atom is -0.492 e. The number of benzene rings is 1. The first-order valence-corrected chi connectivity index (χ1v) is 9.62. The zero-order valence-corrected chi connectivity index (χ0v) is 15.4. The Kier molecular flexibility index (Phi) is 7.11. The lowest BCUT2D eigenvalue weighted by molar-refractivity contribution is 0.0287. The molecule has 1 aromatic rings. The van der Waals surface area contributed by atoms with E-state index in [1.165, 1.54) is 12.0 Å². The molecular formula is C20H32N2O3. The summed E-state index contributed by atoms with van der Waals surface area (Å²) in [5.74, 6) is 0.934. The number of morpholine rings is 1. The summed E-state index contributed by atoms with van der Waals surface area (Å²) in [6.45, 7) is 6.16. The van der Waals surface area contributed by atoms with Crippen LogP contribution in [0.15, 0.2) is 24.3 Å². The molecule has 5 nitrogen and oxygen atoms in total. The maximum absolute atomic E-state index is 10.2. The van der Waals surface area contributed by atoms with Crippen molar-refractivity contribution >= 4 is 0 Å². The maximum atomic E-state index is 10.2. The van der Waals surface area contributed by atoms with Crippen LogP contribution in [0.2, 0.25) is 0 Å². The van der Waals surface area contributed by atoms with Crippen molar-refractivity contribution in [3.63, 3.8) is 0 Å². The number of ether oxygens (including phenoxy) is 2. The fourth-order valence-corrected chi connectivity index (χ4v) is 3.86. The topological polar surface area (TPSA) is 45.2 Å². The lowest BCUT2D eigenvalue weighted by Gasteiger charge is -2.35. The van der Waals surface area contributed by atoms with E-state index in [2.05, 4.69) is 35.0 Å². The Balaban J connectivity index is 1.47. The summed E-state index contributed by atoms with van der Waals surface area (Å²) >= 11 is 0. The summed E-state index contributed by atoms with van der Waals surface area (Å²) in [7, 11) is 2.12. The summed E-state index contributed by atoms with van der Waals surface area (Å²) in [5, 5.41) is 10.2.